The second kappa shape index (κ2) is 4.93. The van der Waals surface area contributed by atoms with Crippen LogP contribution in [0.1, 0.15) is 31.9 Å². The van der Waals surface area contributed by atoms with Gasteiger partial charge in [0.25, 0.3) is 0 Å². The zero-order valence-corrected chi connectivity index (χ0v) is 12.2. The van der Waals surface area contributed by atoms with E-state index in [0.717, 1.165) is 12.0 Å². The normalized spacial score (nSPS) is 21.7. The first-order valence-electron chi connectivity index (χ1n) is 6.43. The first-order valence-corrected chi connectivity index (χ1v) is 6.43. The Morgan fingerprint density at radius 1 is 1.11 bits per heavy atom. The lowest BCUT2D eigenvalue weighted by atomic mass is 9.98. The molecule has 1 aromatic carbocycles. The fraction of sp³-hybridized carbons (Fsp3) is 0.600. The topological polar surface area (TPSA) is 47.9 Å². The molecule has 0 aromatic heterocycles. The predicted octanol–water partition coefficient (Wildman–Crippen LogP) is 2.79. The van der Waals surface area contributed by atoms with Gasteiger partial charge in [-0.15, -0.1) is 0 Å². The molecule has 0 heterocycles. The molecule has 1 aromatic rings. The zero-order valence-electron chi connectivity index (χ0n) is 12.2. The molecule has 0 aliphatic heterocycles. The fourth-order valence-corrected chi connectivity index (χ4v) is 2.62. The van der Waals surface area contributed by atoms with Gasteiger partial charge in [0, 0.05) is 5.56 Å². The predicted molar refractivity (Wildman–Crippen MR) is 72.9 cm³/mol. The first kappa shape index (κ1) is 14.0. The molecule has 1 N–H and O–H groups in total. The van der Waals surface area contributed by atoms with Crippen molar-refractivity contribution in [2.24, 2.45) is 11.3 Å². The molecule has 1 saturated carbocycles. The second-order valence-corrected chi connectivity index (χ2v) is 5.67. The van der Waals surface area contributed by atoms with Crippen molar-refractivity contribution in [1.82, 2.24) is 0 Å². The molecular formula is C15H22O4. The number of hydrogen-bond donors (Lipinski definition) is 1. The van der Waals surface area contributed by atoms with Gasteiger partial charge in [-0.1, -0.05) is 13.8 Å². The van der Waals surface area contributed by atoms with E-state index in [1.165, 1.54) is 0 Å². The summed E-state index contributed by atoms with van der Waals surface area (Å²) in [4.78, 5) is 0. The molecule has 19 heavy (non-hydrogen) atoms. The van der Waals surface area contributed by atoms with Gasteiger partial charge in [0.15, 0.2) is 11.5 Å². The maximum Gasteiger partial charge on any atom is 0.203 e. The van der Waals surface area contributed by atoms with Crippen LogP contribution in [0, 0.1) is 11.3 Å². The Morgan fingerprint density at radius 2 is 1.68 bits per heavy atom. The Kier molecular flexibility index (Phi) is 3.63. The Hall–Kier alpha value is -1.42. The highest BCUT2D eigenvalue weighted by Crippen LogP contribution is 2.59. The van der Waals surface area contributed by atoms with Crippen LogP contribution in [0.25, 0.3) is 0 Å². The summed E-state index contributed by atoms with van der Waals surface area (Å²) in [6, 6.07) is 3.65. The van der Waals surface area contributed by atoms with Crippen molar-refractivity contribution in [2.45, 2.75) is 26.4 Å². The summed E-state index contributed by atoms with van der Waals surface area (Å²) in [5.74, 6) is 1.95. The Morgan fingerprint density at radius 3 is 2.11 bits per heavy atom. The summed E-state index contributed by atoms with van der Waals surface area (Å²) >= 11 is 0. The molecule has 2 atom stereocenters. The Labute approximate surface area is 114 Å². The number of methoxy groups -OCH3 is 3. The van der Waals surface area contributed by atoms with Crippen LogP contribution < -0.4 is 14.2 Å². The number of aliphatic hydroxyl groups excluding tert-OH is 1. The molecule has 0 bridgehead atoms. The highest BCUT2D eigenvalue weighted by molar-refractivity contribution is 5.56. The quantitative estimate of drug-likeness (QED) is 0.890. The van der Waals surface area contributed by atoms with E-state index in [4.69, 9.17) is 14.2 Å². The van der Waals surface area contributed by atoms with Crippen LogP contribution in [0.3, 0.4) is 0 Å². The van der Waals surface area contributed by atoms with Crippen LogP contribution in [0.5, 0.6) is 17.2 Å². The second-order valence-electron chi connectivity index (χ2n) is 5.67. The largest absolute Gasteiger partial charge is 0.493 e. The molecular weight excluding hydrogens is 244 g/mol. The Balaban J connectivity index is 2.40. The average Bonchev–Trinajstić information content (AvgIpc) is 3.04. The maximum absolute atomic E-state index is 10.5. The first-order chi connectivity index (χ1) is 8.96. The van der Waals surface area contributed by atoms with Crippen molar-refractivity contribution in [3.8, 4) is 17.2 Å². The molecule has 1 aliphatic carbocycles. The van der Waals surface area contributed by atoms with Gasteiger partial charge in [-0.05, 0) is 29.9 Å². The minimum atomic E-state index is -0.537. The fourth-order valence-electron chi connectivity index (χ4n) is 2.62. The number of rotatable bonds is 5. The molecule has 106 valence electrons. The standard InChI is InChI=1S/C15H22O4/c1-15(2)8-10(15)12(16)9-6-7-11(17-3)14(19-5)13(9)18-4/h6-7,10,12,16H,8H2,1-5H3. The van der Waals surface area contributed by atoms with Crippen molar-refractivity contribution in [3.63, 3.8) is 0 Å². The van der Waals surface area contributed by atoms with Crippen LogP contribution >= 0.6 is 0 Å². The SMILES string of the molecule is COc1ccc(C(O)C2CC2(C)C)c(OC)c1OC. The third kappa shape index (κ3) is 2.37. The number of ether oxygens (including phenoxy) is 3. The minimum Gasteiger partial charge on any atom is -0.493 e. The van der Waals surface area contributed by atoms with Gasteiger partial charge >= 0.3 is 0 Å². The summed E-state index contributed by atoms with van der Waals surface area (Å²) in [5.41, 5.74) is 0.952. The van der Waals surface area contributed by atoms with Crippen LogP contribution in [0.2, 0.25) is 0 Å². The molecule has 1 aliphatic rings. The van der Waals surface area contributed by atoms with Gasteiger partial charge < -0.3 is 19.3 Å². The lowest BCUT2D eigenvalue weighted by Crippen LogP contribution is -2.08. The van der Waals surface area contributed by atoms with Crippen molar-refractivity contribution in [2.75, 3.05) is 21.3 Å². The van der Waals surface area contributed by atoms with Gasteiger partial charge in [-0.2, -0.15) is 0 Å². The highest BCUT2D eigenvalue weighted by Gasteiger charge is 2.50. The molecule has 2 unspecified atom stereocenters. The monoisotopic (exact) mass is 266 g/mol. The smallest absolute Gasteiger partial charge is 0.203 e. The number of aliphatic hydroxyl groups is 1. The van der Waals surface area contributed by atoms with Crippen LogP contribution in [-0.4, -0.2) is 26.4 Å². The molecule has 0 spiro atoms. The van der Waals surface area contributed by atoms with Crippen molar-refractivity contribution in [1.29, 1.82) is 0 Å². The highest BCUT2D eigenvalue weighted by atomic mass is 16.5. The summed E-state index contributed by atoms with van der Waals surface area (Å²) in [5, 5.41) is 10.5. The average molecular weight is 266 g/mol. The molecule has 0 radical (unpaired) electrons. The van der Waals surface area contributed by atoms with E-state index in [9.17, 15) is 5.11 Å². The summed E-state index contributed by atoms with van der Waals surface area (Å²) in [6.45, 7) is 4.32. The summed E-state index contributed by atoms with van der Waals surface area (Å²) < 4.78 is 16.0. The molecule has 0 saturated heterocycles. The van der Waals surface area contributed by atoms with E-state index < -0.39 is 6.10 Å². The lowest BCUT2D eigenvalue weighted by molar-refractivity contribution is 0.134. The van der Waals surface area contributed by atoms with Gasteiger partial charge in [0.2, 0.25) is 5.75 Å². The third-order valence-corrected chi connectivity index (χ3v) is 4.02. The Bertz CT molecular complexity index is 467. The minimum absolute atomic E-state index is 0.192. The van der Waals surface area contributed by atoms with Crippen LogP contribution in [-0.2, 0) is 0 Å². The van der Waals surface area contributed by atoms with Crippen molar-refractivity contribution in [3.05, 3.63) is 17.7 Å². The van der Waals surface area contributed by atoms with Crippen molar-refractivity contribution >= 4 is 0 Å². The van der Waals surface area contributed by atoms with E-state index >= 15 is 0 Å². The molecule has 4 heteroatoms. The van der Waals surface area contributed by atoms with Gasteiger partial charge in [-0.25, -0.2) is 0 Å². The van der Waals surface area contributed by atoms with E-state index in [2.05, 4.69) is 13.8 Å². The molecule has 0 amide bonds. The van der Waals surface area contributed by atoms with Gasteiger partial charge in [0.1, 0.15) is 0 Å². The van der Waals surface area contributed by atoms with Crippen molar-refractivity contribution < 1.29 is 19.3 Å². The van der Waals surface area contributed by atoms with Gasteiger partial charge in [-0.3, -0.25) is 0 Å². The van der Waals surface area contributed by atoms with Crippen LogP contribution in [0.4, 0.5) is 0 Å². The van der Waals surface area contributed by atoms with Gasteiger partial charge in [0.05, 0.1) is 27.4 Å². The summed E-state index contributed by atoms with van der Waals surface area (Å²) in [7, 11) is 4.72. The lowest BCUT2D eigenvalue weighted by Gasteiger charge is -2.20. The number of benzene rings is 1. The molecule has 2 rings (SSSR count). The van der Waals surface area contributed by atoms with E-state index in [-0.39, 0.29) is 11.3 Å². The number of hydrogen-bond acceptors (Lipinski definition) is 4. The molecule has 4 nitrogen and oxygen atoms in total. The van der Waals surface area contributed by atoms with Crippen LogP contribution in [0.15, 0.2) is 12.1 Å². The van der Waals surface area contributed by atoms with E-state index in [1.54, 1.807) is 27.4 Å². The zero-order chi connectivity index (χ0) is 14.2. The third-order valence-electron chi connectivity index (χ3n) is 4.02. The van der Waals surface area contributed by atoms with E-state index in [0.29, 0.717) is 17.2 Å². The molecule has 1 fully saturated rings. The summed E-state index contributed by atoms with van der Waals surface area (Å²) in [6.07, 6.45) is 0.482. The maximum atomic E-state index is 10.5. The van der Waals surface area contributed by atoms with E-state index in [1.807, 2.05) is 6.07 Å².